The van der Waals surface area contributed by atoms with Crippen molar-refractivity contribution in [2.75, 3.05) is 34.3 Å². The van der Waals surface area contributed by atoms with Gasteiger partial charge >= 0.3 is 0 Å². The highest BCUT2D eigenvalue weighted by atomic mass is 16.5. The van der Waals surface area contributed by atoms with Gasteiger partial charge in [0.25, 0.3) is 0 Å². The van der Waals surface area contributed by atoms with Gasteiger partial charge in [-0.05, 0) is 32.6 Å². The van der Waals surface area contributed by atoms with Crippen LogP contribution >= 0.6 is 0 Å². The Kier molecular flexibility index (Phi) is 7.96. The van der Waals surface area contributed by atoms with E-state index in [2.05, 4.69) is 57.8 Å². The van der Waals surface area contributed by atoms with Gasteiger partial charge in [0.05, 0.1) is 0 Å². The summed E-state index contributed by atoms with van der Waals surface area (Å²) in [5, 5.41) is 6.70. The van der Waals surface area contributed by atoms with Gasteiger partial charge < -0.3 is 20.3 Å². The maximum atomic E-state index is 5.91. The molecule has 0 aliphatic carbocycles. The highest BCUT2D eigenvalue weighted by Gasteiger charge is 2.05. The van der Waals surface area contributed by atoms with Crippen LogP contribution in [0.15, 0.2) is 53.5 Å². The Morgan fingerprint density at radius 2 is 1.69 bits per heavy atom. The molecule has 2 aromatic rings. The maximum absolute atomic E-state index is 5.91. The molecule has 0 unspecified atom stereocenters. The summed E-state index contributed by atoms with van der Waals surface area (Å²) in [5.41, 5.74) is 3.61. The fraction of sp³-hybridized carbons (Fsp3) is 0.381. The average molecular weight is 354 g/mol. The lowest BCUT2D eigenvalue weighted by Gasteiger charge is -2.16. The summed E-state index contributed by atoms with van der Waals surface area (Å²) in [6.07, 6.45) is 0. The van der Waals surface area contributed by atoms with Crippen molar-refractivity contribution in [3.05, 3.63) is 65.2 Å². The second-order valence-electron chi connectivity index (χ2n) is 6.52. The molecule has 2 aromatic carbocycles. The van der Waals surface area contributed by atoms with Gasteiger partial charge in [0, 0.05) is 32.2 Å². The molecule has 0 spiro atoms. The summed E-state index contributed by atoms with van der Waals surface area (Å²) in [6.45, 7) is 5.05. The van der Waals surface area contributed by atoms with Gasteiger partial charge in [-0.15, -0.1) is 0 Å². The van der Waals surface area contributed by atoms with Gasteiger partial charge in [-0.25, -0.2) is 0 Å². The molecule has 2 N–H and O–H groups in total. The van der Waals surface area contributed by atoms with Crippen LogP contribution in [0.5, 0.6) is 5.75 Å². The predicted molar refractivity (Wildman–Crippen MR) is 109 cm³/mol. The number of guanidine groups is 1. The zero-order chi connectivity index (χ0) is 18.8. The smallest absolute Gasteiger partial charge is 0.191 e. The quantitative estimate of drug-likeness (QED) is 0.565. The van der Waals surface area contributed by atoms with Gasteiger partial charge in [-0.2, -0.15) is 0 Å². The van der Waals surface area contributed by atoms with E-state index in [1.165, 1.54) is 11.1 Å². The second kappa shape index (κ2) is 10.5. The standard InChI is InChI=1S/C21H30N4O/c1-17-9-11-18(12-10-17)15-23-21(22-2)24-16-19-7-5-6-8-20(19)26-14-13-25(3)4/h5-12H,13-16H2,1-4H3,(H2,22,23,24). The average Bonchev–Trinajstić information content (AvgIpc) is 2.64. The van der Waals surface area contributed by atoms with Crippen molar-refractivity contribution in [1.82, 2.24) is 15.5 Å². The van der Waals surface area contributed by atoms with Crippen molar-refractivity contribution >= 4 is 5.96 Å². The van der Waals surface area contributed by atoms with Crippen LogP contribution in [-0.4, -0.2) is 45.2 Å². The van der Waals surface area contributed by atoms with E-state index < -0.39 is 0 Å². The Morgan fingerprint density at radius 3 is 2.38 bits per heavy atom. The molecule has 0 amide bonds. The first-order valence-corrected chi connectivity index (χ1v) is 8.94. The van der Waals surface area contributed by atoms with Crippen LogP contribution in [0.25, 0.3) is 0 Å². The molecule has 5 nitrogen and oxygen atoms in total. The van der Waals surface area contributed by atoms with Crippen LogP contribution in [0, 0.1) is 6.92 Å². The third kappa shape index (κ3) is 6.76. The SMILES string of the molecule is CN=C(NCc1ccc(C)cc1)NCc1ccccc1OCCN(C)C. The number of ether oxygens (including phenoxy) is 1. The molecule has 26 heavy (non-hydrogen) atoms. The Morgan fingerprint density at radius 1 is 1.00 bits per heavy atom. The topological polar surface area (TPSA) is 48.9 Å². The van der Waals surface area contributed by atoms with Crippen LogP contribution in [0.4, 0.5) is 0 Å². The Bertz CT molecular complexity index is 695. The maximum Gasteiger partial charge on any atom is 0.191 e. The van der Waals surface area contributed by atoms with E-state index in [4.69, 9.17) is 4.74 Å². The highest BCUT2D eigenvalue weighted by Crippen LogP contribution is 2.17. The monoisotopic (exact) mass is 354 g/mol. The minimum atomic E-state index is 0.658. The van der Waals surface area contributed by atoms with Gasteiger partial charge in [0.1, 0.15) is 12.4 Å². The van der Waals surface area contributed by atoms with Gasteiger partial charge in [0.15, 0.2) is 5.96 Å². The van der Waals surface area contributed by atoms with Crippen LogP contribution in [-0.2, 0) is 13.1 Å². The first-order valence-electron chi connectivity index (χ1n) is 8.94. The lowest BCUT2D eigenvalue weighted by molar-refractivity contribution is 0.259. The fourth-order valence-electron chi connectivity index (χ4n) is 2.42. The van der Waals surface area contributed by atoms with E-state index in [0.717, 1.165) is 30.4 Å². The van der Waals surface area contributed by atoms with E-state index in [1.807, 2.05) is 32.3 Å². The third-order valence-electron chi connectivity index (χ3n) is 4.02. The largest absolute Gasteiger partial charge is 0.492 e. The van der Waals surface area contributed by atoms with E-state index in [-0.39, 0.29) is 0 Å². The number of hydrogen-bond acceptors (Lipinski definition) is 3. The summed E-state index contributed by atoms with van der Waals surface area (Å²) in [6, 6.07) is 16.6. The molecule has 0 fully saturated rings. The second-order valence-corrected chi connectivity index (χ2v) is 6.52. The molecule has 0 saturated carbocycles. The summed E-state index contributed by atoms with van der Waals surface area (Å²) in [4.78, 5) is 6.41. The Labute approximate surface area is 157 Å². The van der Waals surface area contributed by atoms with Gasteiger partial charge in [-0.1, -0.05) is 48.0 Å². The number of para-hydroxylation sites is 1. The molecule has 2 rings (SSSR count). The molecule has 0 aliphatic heterocycles. The molecule has 5 heteroatoms. The van der Waals surface area contributed by atoms with E-state index in [9.17, 15) is 0 Å². The van der Waals surface area contributed by atoms with Crippen molar-refractivity contribution in [2.24, 2.45) is 4.99 Å². The molecule has 0 aliphatic rings. The van der Waals surface area contributed by atoms with Crippen molar-refractivity contribution in [3.8, 4) is 5.75 Å². The van der Waals surface area contributed by atoms with E-state index in [1.54, 1.807) is 7.05 Å². The van der Waals surface area contributed by atoms with Crippen molar-refractivity contribution in [2.45, 2.75) is 20.0 Å². The number of likely N-dealkylation sites (N-methyl/N-ethyl adjacent to an activating group) is 1. The summed E-state index contributed by atoms with van der Waals surface area (Å²) in [7, 11) is 5.87. The molecule has 0 atom stereocenters. The summed E-state index contributed by atoms with van der Waals surface area (Å²) >= 11 is 0. The molecule has 140 valence electrons. The van der Waals surface area contributed by atoms with Crippen LogP contribution in [0.1, 0.15) is 16.7 Å². The molecular weight excluding hydrogens is 324 g/mol. The molecule has 0 heterocycles. The minimum absolute atomic E-state index is 0.658. The number of aliphatic imine (C=N–C) groups is 1. The Hall–Kier alpha value is -2.53. The number of rotatable bonds is 8. The van der Waals surface area contributed by atoms with E-state index >= 15 is 0 Å². The Balaban J connectivity index is 1.86. The third-order valence-corrected chi connectivity index (χ3v) is 4.02. The lowest BCUT2D eigenvalue weighted by atomic mass is 10.1. The van der Waals surface area contributed by atoms with Crippen LogP contribution in [0.2, 0.25) is 0 Å². The fourth-order valence-corrected chi connectivity index (χ4v) is 2.42. The van der Waals surface area contributed by atoms with Crippen molar-refractivity contribution in [1.29, 1.82) is 0 Å². The van der Waals surface area contributed by atoms with Gasteiger partial charge in [0.2, 0.25) is 0 Å². The highest BCUT2D eigenvalue weighted by molar-refractivity contribution is 5.79. The number of benzene rings is 2. The number of aryl methyl sites for hydroxylation is 1. The van der Waals surface area contributed by atoms with Crippen molar-refractivity contribution in [3.63, 3.8) is 0 Å². The zero-order valence-corrected chi connectivity index (χ0v) is 16.2. The summed E-state index contributed by atoms with van der Waals surface area (Å²) < 4.78 is 5.91. The molecular formula is C21H30N4O. The molecule has 0 bridgehead atoms. The number of hydrogen-bond donors (Lipinski definition) is 2. The molecule has 0 saturated heterocycles. The van der Waals surface area contributed by atoms with Crippen LogP contribution < -0.4 is 15.4 Å². The van der Waals surface area contributed by atoms with Crippen molar-refractivity contribution < 1.29 is 4.74 Å². The number of nitrogens with one attached hydrogen (secondary N) is 2. The predicted octanol–water partition coefficient (Wildman–Crippen LogP) is 2.80. The minimum Gasteiger partial charge on any atom is -0.492 e. The molecule has 0 aromatic heterocycles. The van der Waals surface area contributed by atoms with Gasteiger partial charge in [-0.3, -0.25) is 4.99 Å². The number of nitrogens with zero attached hydrogens (tertiary/aromatic N) is 2. The first-order chi connectivity index (χ1) is 12.6. The zero-order valence-electron chi connectivity index (χ0n) is 16.2. The lowest BCUT2D eigenvalue weighted by Crippen LogP contribution is -2.36. The normalized spacial score (nSPS) is 11.5. The van der Waals surface area contributed by atoms with E-state index in [0.29, 0.717) is 13.2 Å². The first kappa shape index (κ1) is 19.8. The summed E-state index contributed by atoms with van der Waals surface area (Å²) in [5.74, 6) is 1.68. The van der Waals surface area contributed by atoms with Crippen LogP contribution in [0.3, 0.4) is 0 Å². The molecule has 0 radical (unpaired) electrons.